The summed E-state index contributed by atoms with van der Waals surface area (Å²) in [5.74, 6) is -0.0698. The molecule has 1 unspecified atom stereocenters. The van der Waals surface area contributed by atoms with Crippen LogP contribution in [0, 0.1) is 11.3 Å². The van der Waals surface area contributed by atoms with Crippen molar-refractivity contribution >= 4 is 37.0 Å². The highest BCUT2D eigenvalue weighted by Gasteiger charge is 2.51. The first-order chi connectivity index (χ1) is 20.1. The van der Waals surface area contributed by atoms with Gasteiger partial charge in [0.15, 0.2) is 11.2 Å². The van der Waals surface area contributed by atoms with Gasteiger partial charge in [-0.15, -0.1) is 0 Å². The van der Waals surface area contributed by atoms with Gasteiger partial charge in [0.1, 0.15) is 18.1 Å². The minimum atomic E-state index is -4.13. The first kappa shape index (κ1) is 31.4. The Labute approximate surface area is 244 Å². The van der Waals surface area contributed by atoms with Gasteiger partial charge < -0.3 is 20.1 Å². The monoisotopic (exact) mass is 602 g/mol. The molecule has 1 aromatic carbocycles. The average molecular weight is 603 g/mol. The molecule has 2 heterocycles. The number of aromatic amines is 1. The van der Waals surface area contributed by atoms with E-state index in [4.69, 9.17) is 19.5 Å². The molecule has 0 spiro atoms. The molecule has 13 nitrogen and oxygen atoms in total. The predicted octanol–water partition coefficient (Wildman–Crippen LogP) is 3.87. The summed E-state index contributed by atoms with van der Waals surface area (Å²) in [6.45, 7) is 5.53. The lowest BCUT2D eigenvalue weighted by molar-refractivity contribution is -0.146. The van der Waals surface area contributed by atoms with E-state index >= 15 is 0 Å². The van der Waals surface area contributed by atoms with Gasteiger partial charge in [0, 0.05) is 11.6 Å². The zero-order chi connectivity index (χ0) is 30.3. The number of benzene rings is 1. The predicted molar refractivity (Wildman–Crippen MR) is 158 cm³/mol. The van der Waals surface area contributed by atoms with E-state index in [0.717, 1.165) is 31.3 Å². The van der Waals surface area contributed by atoms with Gasteiger partial charge in [-0.3, -0.25) is 23.7 Å². The van der Waals surface area contributed by atoms with E-state index in [1.165, 1.54) is 17.8 Å². The molecule has 42 heavy (non-hydrogen) atoms. The summed E-state index contributed by atoms with van der Waals surface area (Å²) < 4.78 is 32.6. The summed E-state index contributed by atoms with van der Waals surface area (Å²) in [6, 6.07) is 7.47. The largest absolute Gasteiger partial charge is 0.464 e. The van der Waals surface area contributed by atoms with Gasteiger partial charge in [-0.1, -0.05) is 44.9 Å². The number of H-pyrrole nitrogens is 1. The first-order valence-electron chi connectivity index (χ1n) is 14.1. The SMILES string of the molecule is CCCC(CCC)COC(=O)[C@H](C)N[P@](=O)(OCC1(CO)C/C1=C/n1cnc2c(=O)[nH]c(N)nc21)Oc1ccccc1. The molecule has 1 aliphatic carbocycles. The molecule has 0 aliphatic heterocycles. The van der Waals surface area contributed by atoms with Gasteiger partial charge in [-0.05, 0) is 49.8 Å². The number of para-hydroxylation sites is 1. The number of aliphatic hydroxyl groups is 1. The molecular formula is C28H39N6O7P. The molecule has 2 aromatic heterocycles. The minimum Gasteiger partial charge on any atom is -0.464 e. The van der Waals surface area contributed by atoms with Crippen LogP contribution in [0.3, 0.4) is 0 Å². The van der Waals surface area contributed by atoms with Crippen LogP contribution in [0.4, 0.5) is 5.95 Å². The molecule has 3 aromatic rings. The molecule has 1 saturated carbocycles. The lowest BCUT2D eigenvalue weighted by atomic mass is 9.99. The molecule has 14 heteroatoms. The maximum Gasteiger partial charge on any atom is 0.459 e. The summed E-state index contributed by atoms with van der Waals surface area (Å²) >= 11 is 0. The number of fused-ring (bicyclic) bond motifs is 1. The molecule has 5 N–H and O–H groups in total. The van der Waals surface area contributed by atoms with Gasteiger partial charge in [0.2, 0.25) is 5.95 Å². The molecule has 1 fully saturated rings. The van der Waals surface area contributed by atoms with Crippen LogP contribution in [0.15, 0.2) is 47.0 Å². The van der Waals surface area contributed by atoms with Gasteiger partial charge in [-0.25, -0.2) is 9.55 Å². The molecular weight excluding hydrogens is 563 g/mol. The van der Waals surface area contributed by atoms with Crippen molar-refractivity contribution in [2.24, 2.45) is 11.3 Å². The zero-order valence-electron chi connectivity index (χ0n) is 24.1. The van der Waals surface area contributed by atoms with Gasteiger partial charge >= 0.3 is 13.7 Å². The number of carbonyl (C=O) groups excluding carboxylic acids is 1. The number of anilines is 1. The first-order valence-corrected chi connectivity index (χ1v) is 15.6. The number of imidazole rings is 1. The fourth-order valence-corrected chi connectivity index (χ4v) is 6.29. The van der Waals surface area contributed by atoms with Crippen LogP contribution in [0.5, 0.6) is 5.75 Å². The Morgan fingerprint density at radius 2 is 2.00 bits per heavy atom. The third kappa shape index (κ3) is 7.65. The Hall–Kier alpha value is -3.51. The third-order valence-electron chi connectivity index (χ3n) is 7.17. The molecule has 4 rings (SSSR count). The smallest absolute Gasteiger partial charge is 0.459 e. The van der Waals surface area contributed by atoms with Crippen molar-refractivity contribution in [3.8, 4) is 5.75 Å². The summed E-state index contributed by atoms with van der Waals surface area (Å²) in [5.41, 5.74) is 5.49. The second-order valence-corrected chi connectivity index (χ2v) is 12.3. The topological polar surface area (TPSA) is 184 Å². The van der Waals surface area contributed by atoms with Crippen LogP contribution in [0.1, 0.15) is 52.9 Å². The highest BCUT2D eigenvalue weighted by atomic mass is 31.2. The number of nitrogen functional groups attached to an aromatic ring is 1. The number of esters is 1. The molecule has 0 bridgehead atoms. The maximum atomic E-state index is 14.0. The number of aromatic nitrogens is 4. The minimum absolute atomic E-state index is 0.0517. The molecule has 0 radical (unpaired) electrons. The van der Waals surface area contributed by atoms with Crippen molar-refractivity contribution in [2.45, 2.75) is 58.9 Å². The quantitative estimate of drug-likeness (QED) is 0.138. The number of hydrogen-bond donors (Lipinski definition) is 4. The Kier molecular flexibility index (Phi) is 10.2. The van der Waals surface area contributed by atoms with Crippen LogP contribution >= 0.6 is 7.75 Å². The molecule has 3 atom stereocenters. The molecule has 228 valence electrons. The van der Waals surface area contributed by atoms with E-state index < -0.39 is 30.7 Å². The summed E-state index contributed by atoms with van der Waals surface area (Å²) in [4.78, 5) is 35.6. The van der Waals surface area contributed by atoms with Gasteiger partial charge in [0.25, 0.3) is 5.56 Å². The van der Waals surface area contributed by atoms with Crippen molar-refractivity contribution < 1.29 is 28.3 Å². The number of nitrogens with two attached hydrogens (primary N) is 1. The van der Waals surface area contributed by atoms with Crippen molar-refractivity contribution in [1.29, 1.82) is 0 Å². The Morgan fingerprint density at radius 3 is 2.67 bits per heavy atom. The number of hydrogen-bond acceptors (Lipinski definition) is 10. The zero-order valence-corrected chi connectivity index (χ0v) is 25.0. The number of ether oxygens (including phenoxy) is 1. The van der Waals surface area contributed by atoms with Gasteiger partial charge in [-0.2, -0.15) is 10.1 Å². The number of nitrogens with zero attached hydrogens (tertiary/aromatic N) is 3. The highest BCUT2D eigenvalue weighted by molar-refractivity contribution is 7.52. The highest BCUT2D eigenvalue weighted by Crippen LogP contribution is 2.56. The fourth-order valence-electron chi connectivity index (χ4n) is 4.72. The van der Waals surface area contributed by atoms with Crippen LogP contribution < -0.4 is 20.9 Å². The van der Waals surface area contributed by atoms with E-state index in [1.807, 2.05) is 0 Å². The second-order valence-electron chi connectivity index (χ2n) is 10.6. The lowest BCUT2D eigenvalue weighted by Gasteiger charge is -2.25. The number of aliphatic hydroxyl groups excluding tert-OH is 1. The van der Waals surface area contributed by atoms with Crippen LogP contribution in [-0.2, 0) is 18.6 Å². The molecule has 0 saturated heterocycles. The number of nitrogens with one attached hydrogen (secondary N) is 2. The second kappa shape index (κ2) is 13.6. The average Bonchev–Trinajstić information content (AvgIpc) is 3.51. The van der Waals surface area contributed by atoms with Crippen LogP contribution in [-0.4, -0.2) is 56.5 Å². The fraction of sp³-hybridized carbons (Fsp3) is 0.500. The summed E-state index contributed by atoms with van der Waals surface area (Å²) in [6.07, 6.45) is 7.41. The third-order valence-corrected chi connectivity index (χ3v) is 8.80. The van der Waals surface area contributed by atoms with Crippen LogP contribution in [0.25, 0.3) is 17.4 Å². The van der Waals surface area contributed by atoms with Crippen LogP contribution in [0.2, 0.25) is 0 Å². The van der Waals surface area contributed by atoms with Gasteiger partial charge in [0.05, 0.1) is 19.8 Å². The van der Waals surface area contributed by atoms with E-state index in [2.05, 4.69) is 33.9 Å². The number of rotatable bonds is 16. The normalized spacial score (nSPS) is 19.6. The molecule has 0 amide bonds. The Balaban J connectivity index is 1.48. The summed E-state index contributed by atoms with van der Waals surface area (Å²) in [5, 5.41) is 13.0. The maximum absolute atomic E-state index is 14.0. The van der Waals surface area contributed by atoms with E-state index in [0.29, 0.717) is 6.42 Å². The van der Waals surface area contributed by atoms with Crippen molar-refractivity contribution in [1.82, 2.24) is 24.6 Å². The standard InChI is InChI=1S/C28H39N6O7P/c1-4-9-20(10-5-2)15-39-26(37)19(3)33-42(38,41-22-11-7-6-8-12-22)40-17-28(16-35)13-21(28)14-34-18-30-23-24(34)31-27(29)32-25(23)36/h6-8,11-12,14,18-20,35H,4-5,9-10,13,15-17H2,1-3H3,(H,33,38)(H3,29,31,32,36)/b21-14-/t19-,28?,42-/m0/s1. The van der Waals surface area contributed by atoms with E-state index in [-0.39, 0.29) is 48.6 Å². The Morgan fingerprint density at radius 1 is 1.29 bits per heavy atom. The number of carbonyl (C=O) groups is 1. The molecule has 1 aliphatic rings. The van der Waals surface area contributed by atoms with Crippen molar-refractivity contribution in [3.05, 3.63) is 52.6 Å². The van der Waals surface area contributed by atoms with E-state index in [1.54, 1.807) is 36.5 Å². The summed E-state index contributed by atoms with van der Waals surface area (Å²) in [7, 11) is -4.13. The van der Waals surface area contributed by atoms with Crippen molar-refractivity contribution in [2.75, 3.05) is 25.6 Å². The lowest BCUT2D eigenvalue weighted by Crippen LogP contribution is -2.36. The Bertz CT molecular complexity index is 1500. The van der Waals surface area contributed by atoms with Crippen molar-refractivity contribution in [3.63, 3.8) is 0 Å². The van der Waals surface area contributed by atoms with E-state index in [9.17, 15) is 19.3 Å².